The van der Waals surface area contributed by atoms with Crippen molar-refractivity contribution in [2.24, 2.45) is 7.05 Å². The number of rotatable bonds is 5. The molecule has 1 aliphatic rings. The first-order chi connectivity index (χ1) is 15.9. The summed E-state index contributed by atoms with van der Waals surface area (Å²) in [6.45, 7) is 1.56. The van der Waals surface area contributed by atoms with Crippen LogP contribution in [0.5, 0.6) is 5.75 Å². The number of hydrogen-bond donors (Lipinski definition) is 1. The molecule has 1 aromatic heterocycles. The summed E-state index contributed by atoms with van der Waals surface area (Å²) in [5.41, 5.74) is 5.13. The molecule has 0 saturated heterocycles. The summed E-state index contributed by atoms with van der Waals surface area (Å²) in [5.74, 6) is -0.582. The van der Waals surface area contributed by atoms with Gasteiger partial charge in [-0.1, -0.05) is 48.5 Å². The van der Waals surface area contributed by atoms with E-state index in [1.165, 1.54) is 4.90 Å². The van der Waals surface area contributed by atoms with Crippen molar-refractivity contribution in [3.05, 3.63) is 89.5 Å². The zero-order valence-electron chi connectivity index (χ0n) is 18.6. The van der Waals surface area contributed by atoms with Crippen molar-refractivity contribution < 1.29 is 19.4 Å². The summed E-state index contributed by atoms with van der Waals surface area (Å²) in [6.07, 6.45) is 0. The van der Waals surface area contributed by atoms with Gasteiger partial charge in [0.2, 0.25) is 0 Å². The van der Waals surface area contributed by atoms with Crippen LogP contribution in [-0.4, -0.2) is 39.6 Å². The first kappa shape index (κ1) is 20.8. The molecule has 0 spiro atoms. The number of amides is 1. The fourth-order valence-corrected chi connectivity index (χ4v) is 4.97. The predicted molar refractivity (Wildman–Crippen MR) is 126 cm³/mol. The molecule has 33 heavy (non-hydrogen) atoms. The zero-order chi connectivity index (χ0) is 23.3. The van der Waals surface area contributed by atoms with Gasteiger partial charge < -0.3 is 19.3 Å². The van der Waals surface area contributed by atoms with Gasteiger partial charge in [-0.15, -0.1) is 0 Å². The highest BCUT2D eigenvalue weighted by Gasteiger charge is 2.44. The molecule has 0 bridgehead atoms. The number of carboxylic acid groups (broad SMARTS) is 1. The maximum atomic E-state index is 13.5. The van der Waals surface area contributed by atoms with E-state index in [1.807, 2.05) is 73.8 Å². The van der Waals surface area contributed by atoms with Gasteiger partial charge in [-0.25, -0.2) is 4.79 Å². The lowest BCUT2D eigenvalue weighted by atomic mass is 9.92. The Labute approximate surface area is 191 Å². The molecule has 166 valence electrons. The summed E-state index contributed by atoms with van der Waals surface area (Å²) in [6, 6.07) is 21.7. The van der Waals surface area contributed by atoms with Crippen molar-refractivity contribution >= 4 is 22.8 Å². The second kappa shape index (κ2) is 7.81. The molecular weight excluding hydrogens is 416 g/mol. The Hall–Kier alpha value is -4.06. The zero-order valence-corrected chi connectivity index (χ0v) is 18.6. The number of aromatic nitrogens is 1. The Kier molecular flexibility index (Phi) is 4.93. The van der Waals surface area contributed by atoms with E-state index in [0.29, 0.717) is 5.56 Å². The minimum atomic E-state index is -1.04. The first-order valence-electron chi connectivity index (χ1n) is 10.8. The second-order valence-electron chi connectivity index (χ2n) is 8.29. The highest BCUT2D eigenvalue weighted by atomic mass is 16.5. The van der Waals surface area contributed by atoms with Gasteiger partial charge in [-0.2, -0.15) is 0 Å². The Bertz CT molecular complexity index is 1400. The molecule has 1 N–H and O–H groups in total. The molecule has 5 rings (SSSR count). The van der Waals surface area contributed by atoms with Gasteiger partial charge in [0.25, 0.3) is 5.91 Å². The van der Waals surface area contributed by atoms with Crippen LogP contribution in [0, 0.1) is 0 Å². The van der Waals surface area contributed by atoms with Crippen molar-refractivity contribution in [1.82, 2.24) is 9.47 Å². The van der Waals surface area contributed by atoms with Crippen LogP contribution in [0.4, 0.5) is 0 Å². The quantitative estimate of drug-likeness (QED) is 0.481. The lowest BCUT2D eigenvalue weighted by Crippen LogP contribution is -2.41. The number of methoxy groups -OCH3 is 1. The van der Waals surface area contributed by atoms with E-state index in [-0.39, 0.29) is 5.91 Å². The van der Waals surface area contributed by atoms with E-state index in [0.717, 1.165) is 39.0 Å². The van der Waals surface area contributed by atoms with Crippen LogP contribution >= 0.6 is 0 Å². The molecule has 0 radical (unpaired) electrons. The van der Waals surface area contributed by atoms with E-state index in [9.17, 15) is 14.7 Å². The standard InChI is InChI=1S/C27H24N2O4/c1-16(27(31)32)29-25(19-11-4-5-12-20(19)26(29)30)23-21-13-6-7-14-22(21)28(2)24(23)17-9-8-10-18(15-17)33-3/h4-16,25H,1-3H3,(H,31,32). The van der Waals surface area contributed by atoms with Gasteiger partial charge in [0.1, 0.15) is 11.8 Å². The van der Waals surface area contributed by atoms with Crippen molar-refractivity contribution in [2.75, 3.05) is 7.11 Å². The third-order valence-electron chi connectivity index (χ3n) is 6.54. The molecule has 0 saturated carbocycles. The lowest BCUT2D eigenvalue weighted by Gasteiger charge is -2.30. The molecule has 2 heterocycles. The fraction of sp³-hybridized carbons (Fsp3) is 0.185. The minimum absolute atomic E-state index is 0.268. The van der Waals surface area contributed by atoms with Crippen molar-refractivity contribution in [1.29, 1.82) is 0 Å². The average Bonchev–Trinajstić information content (AvgIpc) is 3.29. The highest BCUT2D eigenvalue weighted by molar-refractivity contribution is 6.04. The number of hydrogen-bond acceptors (Lipinski definition) is 3. The number of para-hydroxylation sites is 1. The van der Waals surface area contributed by atoms with Crippen LogP contribution < -0.4 is 4.74 Å². The van der Waals surface area contributed by atoms with Crippen molar-refractivity contribution in [3.63, 3.8) is 0 Å². The summed E-state index contributed by atoms with van der Waals surface area (Å²) >= 11 is 0. The summed E-state index contributed by atoms with van der Waals surface area (Å²) in [7, 11) is 3.62. The third kappa shape index (κ3) is 3.09. The Morgan fingerprint density at radius 1 is 1.03 bits per heavy atom. The number of ether oxygens (including phenoxy) is 1. The molecule has 6 nitrogen and oxygen atoms in total. The molecule has 1 amide bonds. The van der Waals surface area contributed by atoms with Crippen LogP contribution in [0.3, 0.4) is 0 Å². The first-order valence-corrected chi connectivity index (χ1v) is 10.8. The maximum Gasteiger partial charge on any atom is 0.326 e. The van der Waals surface area contributed by atoms with E-state index in [2.05, 4.69) is 4.57 Å². The van der Waals surface area contributed by atoms with Gasteiger partial charge in [-0.05, 0) is 36.8 Å². The predicted octanol–water partition coefficient (Wildman–Crippen LogP) is 4.87. The summed E-state index contributed by atoms with van der Waals surface area (Å²) in [4.78, 5) is 27.0. The normalized spacial score (nSPS) is 16.2. The number of carboxylic acids is 1. The molecule has 2 atom stereocenters. The van der Waals surface area contributed by atoms with Crippen LogP contribution in [0.15, 0.2) is 72.8 Å². The Morgan fingerprint density at radius 2 is 1.76 bits per heavy atom. The van der Waals surface area contributed by atoms with E-state index < -0.39 is 18.1 Å². The number of aliphatic carboxylic acids is 1. The highest BCUT2D eigenvalue weighted by Crippen LogP contribution is 2.47. The van der Waals surface area contributed by atoms with Gasteiger partial charge in [0.15, 0.2) is 0 Å². The monoisotopic (exact) mass is 440 g/mol. The number of aryl methyl sites for hydroxylation is 1. The largest absolute Gasteiger partial charge is 0.497 e. The molecule has 0 aliphatic carbocycles. The van der Waals surface area contributed by atoms with Gasteiger partial charge in [-0.3, -0.25) is 4.79 Å². The Morgan fingerprint density at radius 3 is 2.52 bits per heavy atom. The summed E-state index contributed by atoms with van der Waals surface area (Å²) in [5, 5.41) is 10.8. The molecule has 6 heteroatoms. The van der Waals surface area contributed by atoms with E-state index in [4.69, 9.17) is 4.74 Å². The van der Waals surface area contributed by atoms with Crippen LogP contribution in [-0.2, 0) is 11.8 Å². The number of nitrogens with zero attached hydrogens (tertiary/aromatic N) is 2. The molecular formula is C27H24N2O4. The Balaban J connectivity index is 1.87. The molecule has 3 aromatic carbocycles. The molecule has 0 fully saturated rings. The van der Waals surface area contributed by atoms with Crippen molar-refractivity contribution in [3.8, 4) is 17.0 Å². The lowest BCUT2D eigenvalue weighted by molar-refractivity contribution is -0.142. The second-order valence-corrected chi connectivity index (χ2v) is 8.29. The number of carbonyl (C=O) groups excluding carboxylic acids is 1. The third-order valence-corrected chi connectivity index (χ3v) is 6.54. The van der Waals surface area contributed by atoms with Crippen LogP contribution in [0.2, 0.25) is 0 Å². The van der Waals surface area contributed by atoms with Gasteiger partial charge in [0.05, 0.1) is 18.8 Å². The van der Waals surface area contributed by atoms with E-state index in [1.54, 1.807) is 20.1 Å². The van der Waals surface area contributed by atoms with Crippen LogP contribution in [0.1, 0.15) is 34.5 Å². The maximum absolute atomic E-state index is 13.5. The smallest absolute Gasteiger partial charge is 0.326 e. The molecule has 4 aromatic rings. The fourth-order valence-electron chi connectivity index (χ4n) is 4.97. The van der Waals surface area contributed by atoms with E-state index >= 15 is 0 Å². The average molecular weight is 440 g/mol. The number of carbonyl (C=O) groups is 2. The topological polar surface area (TPSA) is 71.8 Å². The minimum Gasteiger partial charge on any atom is -0.497 e. The van der Waals surface area contributed by atoms with Crippen molar-refractivity contribution in [2.45, 2.75) is 19.0 Å². The SMILES string of the molecule is COc1cccc(-c2c(C3c4ccccc4C(=O)N3C(C)C(=O)O)c3ccccc3n2C)c1. The number of fused-ring (bicyclic) bond motifs is 2. The summed E-state index contributed by atoms with van der Waals surface area (Å²) < 4.78 is 7.57. The van der Waals surface area contributed by atoms with Gasteiger partial charge >= 0.3 is 5.97 Å². The molecule has 1 aliphatic heterocycles. The van der Waals surface area contributed by atoms with Crippen LogP contribution in [0.25, 0.3) is 22.2 Å². The van der Waals surface area contributed by atoms with Gasteiger partial charge in [0, 0.05) is 34.6 Å². The number of benzene rings is 3. The molecule has 2 unspecified atom stereocenters.